The quantitative estimate of drug-likeness (QED) is 0.379. The first-order valence-electron chi connectivity index (χ1n) is 8.47. The van der Waals surface area contributed by atoms with Crippen LogP contribution in [-0.2, 0) is 16.0 Å². The molecule has 0 saturated carbocycles. The number of urea groups is 1. The number of carboxylic acid groups (broad SMARTS) is 1. The Morgan fingerprint density at radius 2 is 1.88 bits per heavy atom. The predicted octanol–water partition coefficient (Wildman–Crippen LogP) is 0.650. The number of aliphatic carboxylic acids is 1. The predicted molar refractivity (Wildman–Crippen MR) is 95.9 cm³/mol. The lowest BCUT2D eigenvalue weighted by Crippen LogP contribution is -2.68. The van der Waals surface area contributed by atoms with Crippen LogP contribution >= 0.6 is 0 Å². The van der Waals surface area contributed by atoms with E-state index in [4.69, 9.17) is 5.73 Å². The molecule has 2 atom stereocenters. The monoisotopic (exact) mass is 360 g/mol. The van der Waals surface area contributed by atoms with E-state index in [-0.39, 0.29) is 0 Å². The van der Waals surface area contributed by atoms with Gasteiger partial charge in [0, 0.05) is 13.1 Å². The van der Waals surface area contributed by atoms with E-state index in [0.717, 1.165) is 10.5 Å². The summed E-state index contributed by atoms with van der Waals surface area (Å²) >= 11 is 0. The van der Waals surface area contributed by atoms with E-state index >= 15 is 0 Å². The normalized spacial score (nSPS) is 18.8. The van der Waals surface area contributed by atoms with Crippen molar-refractivity contribution in [2.45, 2.75) is 25.3 Å². The summed E-state index contributed by atoms with van der Waals surface area (Å²) in [5.74, 6) is -2.01. The summed E-state index contributed by atoms with van der Waals surface area (Å²) in [5, 5.41) is 14.8. The minimum atomic E-state index is -1.18. The van der Waals surface area contributed by atoms with E-state index in [1.165, 1.54) is 0 Å². The molecular weight excluding hydrogens is 336 g/mol. The van der Waals surface area contributed by atoms with E-state index in [2.05, 4.69) is 17.2 Å². The van der Waals surface area contributed by atoms with Crippen molar-refractivity contribution in [2.75, 3.05) is 13.1 Å². The lowest BCUT2D eigenvalue weighted by molar-refractivity contribution is -0.166. The van der Waals surface area contributed by atoms with Gasteiger partial charge < -0.3 is 21.5 Å². The average molecular weight is 360 g/mol. The molecule has 1 aromatic carbocycles. The van der Waals surface area contributed by atoms with Crippen LogP contribution in [0, 0.1) is 5.92 Å². The fourth-order valence-electron chi connectivity index (χ4n) is 2.95. The highest BCUT2D eigenvalue weighted by Crippen LogP contribution is 2.30. The molecule has 2 unspecified atom stereocenters. The van der Waals surface area contributed by atoms with Crippen molar-refractivity contribution >= 4 is 17.9 Å². The van der Waals surface area contributed by atoms with Crippen LogP contribution < -0.4 is 16.4 Å². The van der Waals surface area contributed by atoms with E-state index in [9.17, 15) is 19.5 Å². The van der Waals surface area contributed by atoms with Crippen molar-refractivity contribution in [1.29, 1.82) is 0 Å². The molecule has 8 heteroatoms. The summed E-state index contributed by atoms with van der Waals surface area (Å²) < 4.78 is 0. The van der Waals surface area contributed by atoms with Crippen LogP contribution in [0.1, 0.15) is 18.4 Å². The van der Waals surface area contributed by atoms with Crippen LogP contribution in [0.4, 0.5) is 4.79 Å². The Morgan fingerprint density at radius 1 is 1.19 bits per heavy atom. The summed E-state index contributed by atoms with van der Waals surface area (Å²) in [6.45, 7) is 4.31. The standard InChI is InChI=1S/C18H24N4O4/c1-12(19)20-10-5-8-14-15(17(24)25)22(16(14)23)18(26)21-11-9-13-6-3-2-4-7-13/h2-4,6-7,14-15,20H,1,5,8-11,19H2,(H,21,26)(H,24,25). The molecule has 0 bridgehead atoms. The Bertz CT molecular complexity index is 677. The maximum atomic E-state index is 12.2. The second-order valence-electron chi connectivity index (χ2n) is 6.16. The minimum absolute atomic E-state index is 0.319. The number of carbonyl (C=O) groups is 3. The molecule has 5 N–H and O–H groups in total. The molecular formula is C18H24N4O4. The zero-order valence-electron chi connectivity index (χ0n) is 14.5. The number of hydrogen-bond donors (Lipinski definition) is 4. The number of carbonyl (C=O) groups excluding carboxylic acids is 2. The highest BCUT2D eigenvalue weighted by atomic mass is 16.4. The first-order chi connectivity index (χ1) is 12.4. The van der Waals surface area contributed by atoms with Gasteiger partial charge in [-0.15, -0.1) is 0 Å². The van der Waals surface area contributed by atoms with Crippen molar-refractivity contribution in [3.05, 3.63) is 48.3 Å². The Labute approximate surface area is 152 Å². The number of carboxylic acids is 1. The Hall–Kier alpha value is -3.03. The molecule has 1 fully saturated rings. The Kier molecular flexibility index (Phi) is 6.60. The summed E-state index contributed by atoms with van der Waals surface area (Å²) in [5.41, 5.74) is 6.43. The maximum absolute atomic E-state index is 12.2. The summed E-state index contributed by atoms with van der Waals surface area (Å²) in [4.78, 5) is 36.7. The van der Waals surface area contributed by atoms with Gasteiger partial charge in [0.1, 0.15) is 0 Å². The van der Waals surface area contributed by atoms with Crippen molar-refractivity contribution in [2.24, 2.45) is 11.7 Å². The third kappa shape index (κ3) is 4.75. The lowest BCUT2D eigenvalue weighted by atomic mass is 9.84. The molecule has 140 valence electrons. The van der Waals surface area contributed by atoms with Gasteiger partial charge in [-0.1, -0.05) is 36.9 Å². The topological polar surface area (TPSA) is 125 Å². The molecule has 0 aromatic heterocycles. The minimum Gasteiger partial charge on any atom is -0.480 e. The van der Waals surface area contributed by atoms with Crippen molar-refractivity contribution < 1.29 is 19.5 Å². The second-order valence-corrected chi connectivity index (χ2v) is 6.16. The molecule has 26 heavy (non-hydrogen) atoms. The van der Waals surface area contributed by atoms with Gasteiger partial charge in [0.15, 0.2) is 6.04 Å². The van der Waals surface area contributed by atoms with E-state index in [1.807, 2.05) is 30.3 Å². The van der Waals surface area contributed by atoms with Crippen LogP contribution in [0.5, 0.6) is 0 Å². The van der Waals surface area contributed by atoms with Gasteiger partial charge in [0.25, 0.3) is 0 Å². The number of nitrogens with zero attached hydrogens (tertiary/aromatic N) is 1. The number of hydrogen-bond acceptors (Lipinski definition) is 5. The van der Waals surface area contributed by atoms with Crippen molar-refractivity contribution in [1.82, 2.24) is 15.5 Å². The average Bonchev–Trinajstić information content (AvgIpc) is 2.59. The Morgan fingerprint density at radius 3 is 2.50 bits per heavy atom. The highest BCUT2D eigenvalue weighted by molar-refractivity contribution is 6.07. The second kappa shape index (κ2) is 8.89. The zero-order chi connectivity index (χ0) is 19.1. The first-order valence-corrected chi connectivity index (χ1v) is 8.47. The number of rotatable bonds is 9. The summed E-state index contributed by atoms with van der Waals surface area (Å²) in [6, 6.07) is 7.77. The number of nitrogens with one attached hydrogen (secondary N) is 2. The largest absolute Gasteiger partial charge is 0.480 e. The molecule has 2 rings (SSSR count). The number of β-lactam (4-membered cyclic amide) rings is 1. The lowest BCUT2D eigenvalue weighted by Gasteiger charge is -2.42. The molecule has 1 heterocycles. The van der Waals surface area contributed by atoms with Gasteiger partial charge in [-0.25, -0.2) is 14.5 Å². The van der Waals surface area contributed by atoms with E-state index in [0.29, 0.717) is 38.2 Å². The number of benzene rings is 1. The van der Waals surface area contributed by atoms with Gasteiger partial charge in [-0.2, -0.15) is 0 Å². The van der Waals surface area contributed by atoms with Gasteiger partial charge >= 0.3 is 12.0 Å². The number of amides is 3. The molecule has 1 aromatic rings. The number of likely N-dealkylation sites (tertiary alicyclic amines) is 1. The van der Waals surface area contributed by atoms with Crippen LogP contribution in [0.15, 0.2) is 42.7 Å². The SMILES string of the molecule is C=C(N)NCCCC1C(=O)N(C(=O)NCCc2ccccc2)C1C(=O)O. The fourth-order valence-corrected chi connectivity index (χ4v) is 2.95. The van der Waals surface area contributed by atoms with Gasteiger partial charge in [-0.3, -0.25) is 4.79 Å². The zero-order valence-corrected chi connectivity index (χ0v) is 14.5. The Balaban J connectivity index is 1.83. The summed E-state index contributed by atoms with van der Waals surface area (Å²) in [7, 11) is 0. The van der Waals surface area contributed by atoms with Crippen molar-refractivity contribution in [3.63, 3.8) is 0 Å². The molecule has 0 spiro atoms. The summed E-state index contributed by atoms with van der Waals surface area (Å²) in [6.07, 6.45) is 1.52. The van der Waals surface area contributed by atoms with E-state index < -0.39 is 29.9 Å². The number of imide groups is 1. The van der Waals surface area contributed by atoms with Gasteiger partial charge in [-0.05, 0) is 24.8 Å². The molecule has 1 saturated heterocycles. The fraction of sp³-hybridized carbons (Fsp3) is 0.389. The van der Waals surface area contributed by atoms with Crippen molar-refractivity contribution in [3.8, 4) is 0 Å². The maximum Gasteiger partial charge on any atom is 0.327 e. The molecule has 0 aliphatic carbocycles. The molecule has 3 amide bonds. The highest BCUT2D eigenvalue weighted by Gasteiger charge is 2.54. The van der Waals surface area contributed by atoms with E-state index in [1.54, 1.807) is 0 Å². The molecule has 0 radical (unpaired) electrons. The molecule has 8 nitrogen and oxygen atoms in total. The van der Waals surface area contributed by atoms with Crippen LogP contribution in [0.3, 0.4) is 0 Å². The van der Waals surface area contributed by atoms with Crippen LogP contribution in [0.25, 0.3) is 0 Å². The van der Waals surface area contributed by atoms with Gasteiger partial charge in [0.2, 0.25) is 5.91 Å². The first kappa shape index (κ1) is 19.3. The molecule has 1 aliphatic heterocycles. The third-order valence-corrected chi connectivity index (χ3v) is 4.26. The molecule has 1 aliphatic rings. The third-order valence-electron chi connectivity index (χ3n) is 4.26. The van der Waals surface area contributed by atoms with Crippen LogP contribution in [0.2, 0.25) is 0 Å². The smallest absolute Gasteiger partial charge is 0.327 e. The van der Waals surface area contributed by atoms with Gasteiger partial charge in [0.05, 0.1) is 11.7 Å². The number of nitrogens with two attached hydrogens (primary N) is 1. The van der Waals surface area contributed by atoms with Crippen LogP contribution in [-0.4, -0.2) is 47.0 Å².